The number of nitrogens with zero attached hydrogens (tertiary/aromatic N) is 1. The van der Waals surface area contributed by atoms with E-state index in [-0.39, 0.29) is 0 Å². The molecule has 0 saturated heterocycles. The summed E-state index contributed by atoms with van der Waals surface area (Å²) in [6.07, 6.45) is 2.38. The predicted octanol–water partition coefficient (Wildman–Crippen LogP) is 2.33. The molecule has 0 N–H and O–H groups in total. The van der Waals surface area contributed by atoms with Crippen LogP contribution in [0.2, 0.25) is 5.82 Å². The van der Waals surface area contributed by atoms with Gasteiger partial charge in [-0.1, -0.05) is 26.1 Å². The minimum Gasteiger partial charge on any atom is -0.307 e. The van der Waals surface area contributed by atoms with E-state index in [1.54, 1.807) is 0 Å². The number of rotatable bonds is 5. The van der Waals surface area contributed by atoms with Gasteiger partial charge in [-0.3, -0.25) is 0 Å². The molecule has 3 unspecified atom stereocenters. The van der Waals surface area contributed by atoms with Gasteiger partial charge in [0.1, 0.15) is 0 Å². The molecule has 0 heterocycles. The maximum absolute atomic E-state index is 5.73. The highest BCUT2D eigenvalue weighted by molar-refractivity contribution is 6.11. The molecule has 70 valence electrons. The first-order valence-electron chi connectivity index (χ1n) is 4.85. The second-order valence-electron chi connectivity index (χ2n) is 4.37. The van der Waals surface area contributed by atoms with Crippen molar-refractivity contribution >= 4 is 7.85 Å². The summed E-state index contributed by atoms with van der Waals surface area (Å²) < 4.78 is 0. The van der Waals surface area contributed by atoms with Gasteiger partial charge in [-0.05, 0) is 33.4 Å². The van der Waals surface area contributed by atoms with E-state index >= 15 is 0 Å². The molecule has 0 aliphatic rings. The second kappa shape index (κ2) is 5.63. The van der Waals surface area contributed by atoms with Crippen LogP contribution in [0.3, 0.4) is 0 Å². The summed E-state index contributed by atoms with van der Waals surface area (Å²) in [4.78, 5) is 2.26. The fourth-order valence-electron chi connectivity index (χ4n) is 1.52. The van der Waals surface area contributed by atoms with E-state index in [1.807, 2.05) is 0 Å². The Kier molecular flexibility index (Phi) is 5.64. The smallest absolute Gasteiger partial charge is 0.0695 e. The van der Waals surface area contributed by atoms with Crippen LogP contribution in [-0.4, -0.2) is 32.9 Å². The second-order valence-corrected chi connectivity index (χ2v) is 4.37. The average molecular weight is 167 g/mol. The van der Waals surface area contributed by atoms with E-state index in [0.29, 0.717) is 11.9 Å². The molecule has 12 heavy (non-hydrogen) atoms. The molecule has 0 aliphatic heterocycles. The van der Waals surface area contributed by atoms with Crippen LogP contribution in [-0.2, 0) is 0 Å². The molecule has 0 saturated carbocycles. The Hall–Kier alpha value is 0.0249. The maximum Gasteiger partial charge on any atom is 0.0695 e. The normalized spacial score (nSPS) is 19.2. The largest absolute Gasteiger partial charge is 0.307 e. The topological polar surface area (TPSA) is 3.24 Å². The van der Waals surface area contributed by atoms with Crippen LogP contribution in [0.5, 0.6) is 0 Å². The van der Waals surface area contributed by atoms with Gasteiger partial charge in [0.05, 0.1) is 7.85 Å². The molecule has 0 spiro atoms. The minimum absolute atomic E-state index is 0.342. The lowest BCUT2D eigenvalue weighted by Crippen LogP contribution is -2.26. The molecule has 0 aliphatic carbocycles. The molecule has 2 heteroatoms. The van der Waals surface area contributed by atoms with Crippen molar-refractivity contribution in [1.29, 1.82) is 0 Å². The molecule has 0 aromatic carbocycles. The summed E-state index contributed by atoms with van der Waals surface area (Å²) >= 11 is 0. The quantitative estimate of drug-likeness (QED) is 0.568. The Balaban J connectivity index is 3.61. The highest BCUT2D eigenvalue weighted by atomic mass is 15.1. The lowest BCUT2D eigenvalue weighted by molar-refractivity contribution is 0.262. The van der Waals surface area contributed by atoms with Crippen LogP contribution < -0.4 is 0 Å². The number of hydrogen-bond donors (Lipinski definition) is 0. The van der Waals surface area contributed by atoms with E-state index in [4.69, 9.17) is 7.85 Å². The first kappa shape index (κ1) is 12.0. The van der Waals surface area contributed by atoms with Gasteiger partial charge in [0.15, 0.2) is 0 Å². The van der Waals surface area contributed by atoms with Gasteiger partial charge >= 0.3 is 0 Å². The van der Waals surface area contributed by atoms with Gasteiger partial charge in [-0.25, -0.2) is 0 Å². The van der Waals surface area contributed by atoms with Gasteiger partial charge in [0.25, 0.3) is 0 Å². The highest BCUT2D eigenvalue weighted by Crippen LogP contribution is 2.19. The maximum atomic E-state index is 5.73. The van der Waals surface area contributed by atoms with Crippen molar-refractivity contribution in [3.05, 3.63) is 0 Å². The third kappa shape index (κ3) is 5.65. The molecule has 1 nitrogen and oxygen atoms in total. The van der Waals surface area contributed by atoms with E-state index in [9.17, 15) is 0 Å². The summed E-state index contributed by atoms with van der Waals surface area (Å²) in [5.74, 6) is 1.08. The minimum atomic E-state index is 0.342. The van der Waals surface area contributed by atoms with Crippen LogP contribution in [0.25, 0.3) is 0 Å². The van der Waals surface area contributed by atoms with Gasteiger partial charge < -0.3 is 4.90 Å². The van der Waals surface area contributed by atoms with Crippen molar-refractivity contribution < 1.29 is 0 Å². The van der Waals surface area contributed by atoms with Crippen molar-refractivity contribution in [2.24, 2.45) is 5.92 Å². The Morgan fingerprint density at radius 2 is 1.58 bits per heavy atom. The SMILES string of the molecule is [B]C(C)CC(C)CC(C)N(C)C. The summed E-state index contributed by atoms with van der Waals surface area (Å²) in [5, 5.41) is 0. The molecule has 2 radical (unpaired) electrons. The summed E-state index contributed by atoms with van der Waals surface area (Å²) in [6.45, 7) is 6.62. The zero-order valence-electron chi connectivity index (χ0n) is 9.17. The Bertz CT molecular complexity index is 112. The van der Waals surface area contributed by atoms with E-state index in [1.165, 1.54) is 6.42 Å². The third-order valence-electron chi connectivity index (χ3n) is 2.40. The molecular weight excluding hydrogens is 145 g/mol. The van der Waals surface area contributed by atoms with Crippen molar-refractivity contribution in [1.82, 2.24) is 4.90 Å². The predicted molar refractivity (Wildman–Crippen MR) is 56.7 cm³/mol. The van der Waals surface area contributed by atoms with Crippen molar-refractivity contribution in [3.8, 4) is 0 Å². The molecule has 0 fully saturated rings. The van der Waals surface area contributed by atoms with Gasteiger partial charge in [-0.15, -0.1) is 0 Å². The van der Waals surface area contributed by atoms with Gasteiger partial charge in [-0.2, -0.15) is 0 Å². The highest BCUT2D eigenvalue weighted by Gasteiger charge is 2.11. The fourth-order valence-corrected chi connectivity index (χ4v) is 1.52. The standard InChI is InChI=1S/C10H22BN/c1-8(6-9(2)11)7-10(3)12(4)5/h8-10H,6-7H2,1-5H3. The third-order valence-corrected chi connectivity index (χ3v) is 2.40. The first-order valence-corrected chi connectivity index (χ1v) is 4.85. The number of hydrogen-bond acceptors (Lipinski definition) is 1. The molecule has 0 amide bonds. The van der Waals surface area contributed by atoms with Crippen LogP contribution in [0.4, 0.5) is 0 Å². The molecule has 3 atom stereocenters. The van der Waals surface area contributed by atoms with E-state index in [0.717, 1.165) is 12.3 Å². The van der Waals surface area contributed by atoms with Crippen LogP contribution >= 0.6 is 0 Å². The van der Waals surface area contributed by atoms with Crippen LogP contribution in [0, 0.1) is 5.92 Å². The fraction of sp³-hybridized carbons (Fsp3) is 1.00. The average Bonchev–Trinajstić information content (AvgIpc) is 1.84. The van der Waals surface area contributed by atoms with Gasteiger partial charge in [0.2, 0.25) is 0 Å². The van der Waals surface area contributed by atoms with Crippen molar-refractivity contribution in [2.75, 3.05) is 14.1 Å². The molecule has 0 rings (SSSR count). The first-order chi connectivity index (χ1) is 5.43. The molecule has 0 aromatic heterocycles. The summed E-state index contributed by atoms with van der Waals surface area (Å²) in [7, 11) is 9.99. The summed E-state index contributed by atoms with van der Waals surface area (Å²) in [5.41, 5.74) is 0. The molecule has 0 bridgehead atoms. The van der Waals surface area contributed by atoms with Gasteiger partial charge in [0, 0.05) is 6.04 Å². The van der Waals surface area contributed by atoms with Crippen molar-refractivity contribution in [3.63, 3.8) is 0 Å². The lowest BCUT2D eigenvalue weighted by Gasteiger charge is -2.24. The Labute approximate surface area is 78.9 Å². The van der Waals surface area contributed by atoms with E-state index < -0.39 is 0 Å². The summed E-state index contributed by atoms with van der Waals surface area (Å²) in [6, 6.07) is 0.666. The molecule has 0 aromatic rings. The zero-order valence-corrected chi connectivity index (χ0v) is 9.17. The molecular formula is C10H22BN. The Morgan fingerprint density at radius 1 is 1.08 bits per heavy atom. The monoisotopic (exact) mass is 167 g/mol. The van der Waals surface area contributed by atoms with Crippen LogP contribution in [0.15, 0.2) is 0 Å². The van der Waals surface area contributed by atoms with E-state index in [2.05, 4.69) is 39.8 Å². The zero-order chi connectivity index (χ0) is 9.72. The van der Waals surface area contributed by atoms with Crippen LogP contribution in [0.1, 0.15) is 33.6 Å². The lowest BCUT2D eigenvalue weighted by atomic mass is 9.80. The Morgan fingerprint density at radius 3 is 1.92 bits per heavy atom. The van der Waals surface area contributed by atoms with Crippen molar-refractivity contribution in [2.45, 2.75) is 45.5 Å².